The Balaban J connectivity index is 2.21. The Hall–Kier alpha value is -0.630. The molecule has 0 aliphatic heterocycles. The molecule has 0 aromatic rings. The zero-order chi connectivity index (χ0) is 10.2. The first-order chi connectivity index (χ1) is 6.64. The van der Waals surface area contributed by atoms with Crippen LogP contribution in [0.5, 0.6) is 0 Å². The molecule has 0 N–H and O–H groups in total. The van der Waals surface area contributed by atoms with Crippen molar-refractivity contribution in [2.24, 2.45) is 5.41 Å². The normalized spacial score (nSPS) is 37.7. The van der Waals surface area contributed by atoms with Gasteiger partial charge in [0.2, 0.25) is 0 Å². The van der Waals surface area contributed by atoms with Crippen LogP contribution in [0.2, 0.25) is 0 Å². The Labute approximate surface area is 85.3 Å². The summed E-state index contributed by atoms with van der Waals surface area (Å²) >= 11 is 0. The number of ether oxygens (including phenoxy) is 1. The zero-order valence-electron chi connectivity index (χ0n) is 9.01. The van der Waals surface area contributed by atoms with Crippen molar-refractivity contribution in [2.45, 2.75) is 45.1 Å². The number of allylic oxidation sites excluding steroid dienone is 1. The number of fused-ring (bicyclic) bond motifs is 1. The molecule has 1 saturated carbocycles. The van der Waals surface area contributed by atoms with E-state index in [0.717, 1.165) is 25.7 Å². The molecule has 14 heavy (non-hydrogen) atoms. The molecule has 1 fully saturated rings. The van der Waals surface area contributed by atoms with Gasteiger partial charge >= 0.3 is 0 Å². The van der Waals surface area contributed by atoms with Crippen molar-refractivity contribution in [1.82, 2.24) is 0 Å². The van der Waals surface area contributed by atoms with Crippen molar-refractivity contribution >= 4 is 5.78 Å². The van der Waals surface area contributed by atoms with Crippen LogP contribution in [0.4, 0.5) is 0 Å². The summed E-state index contributed by atoms with van der Waals surface area (Å²) in [4.78, 5) is 11.3. The van der Waals surface area contributed by atoms with Gasteiger partial charge in [-0.15, -0.1) is 0 Å². The van der Waals surface area contributed by atoms with Crippen molar-refractivity contribution < 1.29 is 9.53 Å². The van der Waals surface area contributed by atoms with E-state index in [1.165, 1.54) is 12.0 Å². The maximum absolute atomic E-state index is 11.3. The van der Waals surface area contributed by atoms with Crippen LogP contribution in [-0.2, 0) is 9.53 Å². The van der Waals surface area contributed by atoms with E-state index in [9.17, 15) is 4.79 Å². The summed E-state index contributed by atoms with van der Waals surface area (Å²) in [7, 11) is 1.76. The van der Waals surface area contributed by atoms with Crippen LogP contribution in [0, 0.1) is 5.41 Å². The van der Waals surface area contributed by atoms with E-state index in [0.29, 0.717) is 17.3 Å². The van der Waals surface area contributed by atoms with Gasteiger partial charge in [-0.1, -0.05) is 12.5 Å². The summed E-state index contributed by atoms with van der Waals surface area (Å²) in [6.45, 7) is 2.29. The fraction of sp³-hybridized carbons (Fsp3) is 0.750. The van der Waals surface area contributed by atoms with Gasteiger partial charge in [-0.05, 0) is 37.2 Å². The lowest BCUT2D eigenvalue weighted by Gasteiger charge is -2.41. The topological polar surface area (TPSA) is 26.3 Å². The van der Waals surface area contributed by atoms with Crippen LogP contribution >= 0.6 is 0 Å². The predicted octanol–water partition coefficient (Wildman–Crippen LogP) is 2.48. The molecule has 0 aromatic carbocycles. The second-order valence-electron chi connectivity index (χ2n) is 4.80. The van der Waals surface area contributed by atoms with Crippen molar-refractivity contribution in [3.8, 4) is 0 Å². The third kappa shape index (κ3) is 1.63. The summed E-state index contributed by atoms with van der Waals surface area (Å²) in [5.74, 6) is 0.300. The van der Waals surface area contributed by atoms with Gasteiger partial charge in [-0.3, -0.25) is 4.79 Å². The standard InChI is InChI=1S/C12H18O2/c1-12-5-3-10(13)7-9(12)8-11(14-2)4-6-12/h7,11H,3-6,8H2,1-2H3/t11-,12+/m0/s1. The zero-order valence-corrected chi connectivity index (χ0v) is 9.01. The summed E-state index contributed by atoms with van der Waals surface area (Å²) in [5, 5.41) is 0. The molecule has 2 rings (SSSR count). The van der Waals surface area contributed by atoms with Gasteiger partial charge in [0.15, 0.2) is 5.78 Å². The number of hydrogen-bond acceptors (Lipinski definition) is 2. The number of hydrogen-bond donors (Lipinski definition) is 0. The molecule has 0 spiro atoms. The van der Waals surface area contributed by atoms with Gasteiger partial charge < -0.3 is 4.74 Å². The molecule has 78 valence electrons. The second kappa shape index (κ2) is 3.50. The molecular weight excluding hydrogens is 176 g/mol. The van der Waals surface area contributed by atoms with Crippen molar-refractivity contribution in [1.29, 1.82) is 0 Å². The molecular formula is C12H18O2. The molecule has 2 nitrogen and oxygen atoms in total. The summed E-state index contributed by atoms with van der Waals surface area (Å²) in [6, 6.07) is 0. The van der Waals surface area contributed by atoms with E-state index in [4.69, 9.17) is 4.74 Å². The number of rotatable bonds is 1. The van der Waals surface area contributed by atoms with Crippen molar-refractivity contribution in [2.75, 3.05) is 7.11 Å². The van der Waals surface area contributed by atoms with E-state index in [1.54, 1.807) is 7.11 Å². The summed E-state index contributed by atoms with van der Waals surface area (Å²) < 4.78 is 5.37. The van der Waals surface area contributed by atoms with Crippen LogP contribution < -0.4 is 0 Å². The number of carbonyl (C=O) groups excluding carboxylic acids is 1. The largest absolute Gasteiger partial charge is 0.381 e. The molecule has 0 heterocycles. The molecule has 2 atom stereocenters. The van der Waals surface area contributed by atoms with Crippen molar-refractivity contribution in [3.63, 3.8) is 0 Å². The molecule has 2 heteroatoms. The van der Waals surface area contributed by atoms with Crippen LogP contribution in [-0.4, -0.2) is 19.0 Å². The molecule has 0 bridgehead atoms. The van der Waals surface area contributed by atoms with Gasteiger partial charge in [0.25, 0.3) is 0 Å². The predicted molar refractivity (Wildman–Crippen MR) is 55.1 cm³/mol. The van der Waals surface area contributed by atoms with Crippen molar-refractivity contribution in [3.05, 3.63) is 11.6 Å². The maximum atomic E-state index is 11.3. The van der Waals surface area contributed by atoms with Crippen LogP contribution in [0.3, 0.4) is 0 Å². The highest BCUT2D eigenvalue weighted by atomic mass is 16.5. The fourth-order valence-corrected chi connectivity index (χ4v) is 2.62. The Bertz CT molecular complexity index is 280. The highest BCUT2D eigenvalue weighted by Gasteiger charge is 2.38. The van der Waals surface area contributed by atoms with E-state index in [-0.39, 0.29) is 0 Å². The van der Waals surface area contributed by atoms with E-state index in [2.05, 4.69) is 6.92 Å². The first-order valence-corrected chi connectivity index (χ1v) is 5.41. The molecule has 0 saturated heterocycles. The minimum atomic E-state index is 0.295. The molecule has 0 radical (unpaired) electrons. The van der Waals surface area contributed by atoms with E-state index >= 15 is 0 Å². The Morgan fingerprint density at radius 2 is 2.29 bits per heavy atom. The number of ketones is 1. The van der Waals surface area contributed by atoms with E-state index in [1.807, 2.05) is 6.08 Å². The van der Waals surface area contributed by atoms with Gasteiger partial charge in [0.1, 0.15) is 0 Å². The third-order valence-electron chi connectivity index (χ3n) is 3.83. The number of methoxy groups -OCH3 is 1. The third-order valence-corrected chi connectivity index (χ3v) is 3.83. The summed E-state index contributed by atoms with van der Waals surface area (Å²) in [5.41, 5.74) is 1.62. The molecule has 2 aliphatic carbocycles. The maximum Gasteiger partial charge on any atom is 0.155 e. The van der Waals surface area contributed by atoms with Gasteiger partial charge in [0, 0.05) is 13.5 Å². The Morgan fingerprint density at radius 1 is 1.50 bits per heavy atom. The molecule has 0 unspecified atom stereocenters. The lowest BCUT2D eigenvalue weighted by Crippen LogP contribution is -2.33. The van der Waals surface area contributed by atoms with E-state index < -0.39 is 0 Å². The minimum absolute atomic E-state index is 0.295. The average molecular weight is 194 g/mol. The lowest BCUT2D eigenvalue weighted by molar-refractivity contribution is -0.116. The quantitative estimate of drug-likeness (QED) is 0.641. The summed E-state index contributed by atoms with van der Waals surface area (Å²) in [6.07, 6.45) is 7.24. The first-order valence-electron chi connectivity index (χ1n) is 5.41. The molecule has 2 aliphatic rings. The fourth-order valence-electron chi connectivity index (χ4n) is 2.62. The molecule has 0 amide bonds. The highest BCUT2D eigenvalue weighted by Crippen LogP contribution is 2.46. The van der Waals surface area contributed by atoms with Crippen LogP contribution in [0.15, 0.2) is 11.6 Å². The van der Waals surface area contributed by atoms with Crippen LogP contribution in [0.1, 0.15) is 39.0 Å². The lowest BCUT2D eigenvalue weighted by atomic mass is 9.65. The molecule has 0 aromatic heterocycles. The smallest absolute Gasteiger partial charge is 0.155 e. The van der Waals surface area contributed by atoms with Gasteiger partial charge in [-0.25, -0.2) is 0 Å². The van der Waals surface area contributed by atoms with Gasteiger partial charge in [0.05, 0.1) is 6.10 Å². The first kappa shape index (κ1) is 9.91. The highest BCUT2D eigenvalue weighted by molar-refractivity contribution is 5.91. The SMILES string of the molecule is CO[C@H]1CC[C@@]2(C)CCC(=O)C=C2C1. The second-order valence-corrected chi connectivity index (χ2v) is 4.80. The monoisotopic (exact) mass is 194 g/mol. The Kier molecular flexibility index (Phi) is 2.48. The Morgan fingerprint density at radius 3 is 3.00 bits per heavy atom. The van der Waals surface area contributed by atoms with Gasteiger partial charge in [-0.2, -0.15) is 0 Å². The van der Waals surface area contributed by atoms with Crippen LogP contribution in [0.25, 0.3) is 0 Å². The minimum Gasteiger partial charge on any atom is -0.381 e. The average Bonchev–Trinajstić information content (AvgIpc) is 2.18. The number of carbonyl (C=O) groups is 1.